The number of nitrogens with zero attached hydrogens (tertiary/aromatic N) is 4. The van der Waals surface area contributed by atoms with Crippen LogP contribution in [0.5, 0.6) is 0 Å². The van der Waals surface area contributed by atoms with Gasteiger partial charge < -0.3 is 9.64 Å². The summed E-state index contributed by atoms with van der Waals surface area (Å²) >= 11 is 1.97. The van der Waals surface area contributed by atoms with Crippen LogP contribution in [-0.2, 0) is 21.2 Å². The first-order valence-corrected chi connectivity index (χ1v) is 20.4. The predicted octanol–water partition coefficient (Wildman–Crippen LogP) is 7.82. The molecule has 1 aliphatic carbocycles. The average Bonchev–Trinajstić information content (AvgIpc) is 3.03. The number of sulfonamides is 1. The van der Waals surface area contributed by atoms with E-state index in [1.807, 2.05) is 50.1 Å². The van der Waals surface area contributed by atoms with Crippen molar-refractivity contribution in [2.45, 2.75) is 128 Å². The summed E-state index contributed by atoms with van der Waals surface area (Å²) in [7, 11) is -4.08. The third kappa shape index (κ3) is 8.72. The van der Waals surface area contributed by atoms with Gasteiger partial charge in [-0.1, -0.05) is 57.0 Å². The Morgan fingerprint density at radius 3 is 2.24 bits per heavy atom. The molecule has 1 amide bonds. The maximum Gasteiger partial charge on any atom is 0.264 e. The summed E-state index contributed by atoms with van der Waals surface area (Å²) < 4.78 is 38.7. The molecule has 3 atom stereocenters. The number of aromatic nitrogens is 2. The van der Waals surface area contributed by atoms with Crippen molar-refractivity contribution in [2.24, 2.45) is 5.41 Å². The van der Waals surface area contributed by atoms with Gasteiger partial charge in [-0.25, -0.2) is 27.4 Å². The van der Waals surface area contributed by atoms with E-state index in [4.69, 9.17) is 14.7 Å². The van der Waals surface area contributed by atoms with E-state index < -0.39 is 10.0 Å². The fraction of sp³-hybridized carbons (Fsp3) is 0.564. The second-order valence-electron chi connectivity index (χ2n) is 15.8. The summed E-state index contributed by atoms with van der Waals surface area (Å²) in [4.78, 5) is 26.4. The van der Waals surface area contributed by atoms with Crippen molar-refractivity contribution in [1.82, 2.24) is 19.2 Å². The third-order valence-electron chi connectivity index (χ3n) is 10.1. The van der Waals surface area contributed by atoms with Crippen LogP contribution >= 0.6 is 11.9 Å². The minimum atomic E-state index is -4.08. The number of anilines is 1. The molecular formula is C39H53N5O4S2. The van der Waals surface area contributed by atoms with E-state index in [2.05, 4.69) is 48.5 Å². The average molecular weight is 720 g/mol. The summed E-state index contributed by atoms with van der Waals surface area (Å²) in [6.45, 7) is 16.9. The summed E-state index contributed by atoms with van der Waals surface area (Å²) in [5, 5.41) is 0.498. The Balaban J connectivity index is 1.36. The third-order valence-corrected chi connectivity index (χ3v) is 12.8. The second kappa shape index (κ2) is 14.9. The van der Waals surface area contributed by atoms with Crippen LogP contribution in [0.3, 0.4) is 0 Å². The van der Waals surface area contributed by atoms with Crippen molar-refractivity contribution in [3.8, 4) is 11.3 Å². The summed E-state index contributed by atoms with van der Waals surface area (Å²) in [6, 6.07) is 14.5. The number of ether oxygens (including phenoxy) is 1. The lowest BCUT2D eigenvalue weighted by atomic mass is 9.83. The highest BCUT2D eigenvalue weighted by atomic mass is 32.2. The quantitative estimate of drug-likeness (QED) is 0.266. The SMILES string of the molecule is Cc1cccc(C)c1-c1cc2nc(n1)NS(=O)(=O)c1cccc(c1)C(=O)N(C1CCC(SN3C[C@@H](C)O[C@@H](C)C3)CC1)[C@H](CC(C)(C)C)CC2. The number of benzene rings is 2. The fourth-order valence-electron chi connectivity index (χ4n) is 7.99. The van der Waals surface area contributed by atoms with Gasteiger partial charge in [0.1, 0.15) is 0 Å². The molecular weight excluding hydrogens is 667 g/mol. The number of carbonyl (C=O) groups excluding carboxylic acids is 1. The van der Waals surface area contributed by atoms with Crippen molar-refractivity contribution in [2.75, 3.05) is 17.8 Å². The molecule has 4 bridgehead atoms. The molecule has 6 rings (SSSR count). The van der Waals surface area contributed by atoms with Gasteiger partial charge >= 0.3 is 0 Å². The number of amides is 1. The molecule has 50 heavy (non-hydrogen) atoms. The lowest BCUT2D eigenvalue weighted by molar-refractivity contribution is -0.0416. The Kier molecular flexibility index (Phi) is 11.0. The van der Waals surface area contributed by atoms with E-state index in [1.54, 1.807) is 12.1 Å². The van der Waals surface area contributed by atoms with Gasteiger partial charge in [-0.15, -0.1) is 0 Å². The standard InChI is InChI=1S/C39H53N5O4S2/c1-25-10-8-11-26(2)36(25)35-21-30-14-15-32(22-39(5,6)7)44(31-16-18-33(19-17-31)49-43-23-27(3)48-28(4)24-43)37(45)29-12-9-13-34(20-29)50(46,47)42-38(40-30)41-35/h8-13,20-21,27-28,31-33H,14-19,22-24H2,1-7H3,(H,40,41,42)/t27-,28+,31?,32-,33?/m0/s1. The first kappa shape index (κ1) is 36.8. The molecule has 2 aromatic carbocycles. The topological polar surface area (TPSA) is 105 Å². The van der Waals surface area contributed by atoms with Crippen LogP contribution in [0, 0.1) is 19.3 Å². The van der Waals surface area contributed by atoms with Crippen molar-refractivity contribution in [3.05, 3.63) is 70.9 Å². The number of hydrogen-bond acceptors (Lipinski definition) is 8. The number of morpholine rings is 1. The van der Waals surface area contributed by atoms with Gasteiger partial charge in [0.25, 0.3) is 15.9 Å². The van der Waals surface area contributed by atoms with E-state index >= 15 is 0 Å². The molecule has 0 unspecified atom stereocenters. The highest BCUT2D eigenvalue weighted by molar-refractivity contribution is 7.97. The maximum absolute atomic E-state index is 14.7. The van der Waals surface area contributed by atoms with Crippen molar-refractivity contribution < 1.29 is 17.9 Å². The van der Waals surface area contributed by atoms with Gasteiger partial charge in [0, 0.05) is 47.2 Å². The van der Waals surface area contributed by atoms with Crippen molar-refractivity contribution >= 4 is 33.8 Å². The number of rotatable bonds is 5. The Morgan fingerprint density at radius 2 is 1.58 bits per heavy atom. The fourth-order valence-corrected chi connectivity index (χ4v) is 10.5. The monoisotopic (exact) mass is 719 g/mol. The molecule has 0 radical (unpaired) electrons. The van der Waals surface area contributed by atoms with Crippen molar-refractivity contribution in [3.63, 3.8) is 0 Å². The zero-order chi connectivity index (χ0) is 35.8. The summed E-state index contributed by atoms with van der Waals surface area (Å²) in [5.74, 6) is -0.0586. The minimum Gasteiger partial charge on any atom is -0.373 e. The van der Waals surface area contributed by atoms with Crippen LogP contribution in [0.15, 0.2) is 53.4 Å². The van der Waals surface area contributed by atoms with Crippen LogP contribution in [0.25, 0.3) is 11.3 Å². The molecule has 3 aliphatic rings. The smallest absolute Gasteiger partial charge is 0.264 e. The molecule has 3 heterocycles. The Labute approximate surface area is 303 Å². The molecule has 0 spiro atoms. The largest absolute Gasteiger partial charge is 0.373 e. The van der Waals surface area contributed by atoms with Gasteiger partial charge in [0.15, 0.2) is 0 Å². The van der Waals surface area contributed by atoms with E-state index in [0.717, 1.165) is 67.6 Å². The first-order valence-electron chi connectivity index (χ1n) is 18.1. The van der Waals surface area contributed by atoms with Crippen LogP contribution in [0.1, 0.15) is 100 Å². The van der Waals surface area contributed by atoms with E-state index in [-0.39, 0.29) is 46.5 Å². The minimum absolute atomic E-state index is 0.0200. The number of carbonyl (C=O) groups is 1. The molecule has 2 aliphatic heterocycles. The zero-order valence-electron chi connectivity index (χ0n) is 30.6. The predicted molar refractivity (Wildman–Crippen MR) is 202 cm³/mol. The lowest BCUT2D eigenvalue weighted by Gasteiger charge is -2.44. The Bertz CT molecular complexity index is 1770. The molecule has 11 heteroatoms. The normalized spacial score (nSPS) is 26.3. The van der Waals surface area contributed by atoms with Gasteiger partial charge in [-0.05, 0) is 113 Å². The highest BCUT2D eigenvalue weighted by Crippen LogP contribution is 2.38. The van der Waals surface area contributed by atoms with E-state index in [1.165, 1.54) is 12.1 Å². The molecule has 2 fully saturated rings. The number of aryl methyl sites for hydroxylation is 3. The summed E-state index contributed by atoms with van der Waals surface area (Å²) in [5.41, 5.74) is 4.88. The number of fused-ring (bicyclic) bond motifs is 4. The molecule has 1 N–H and O–H groups in total. The van der Waals surface area contributed by atoms with Gasteiger partial charge in [-0.3, -0.25) is 4.79 Å². The number of hydrogen-bond donors (Lipinski definition) is 1. The van der Waals surface area contributed by atoms with E-state index in [0.29, 0.717) is 29.3 Å². The van der Waals surface area contributed by atoms with Gasteiger partial charge in [0.2, 0.25) is 5.95 Å². The van der Waals surface area contributed by atoms with Crippen LogP contribution in [0.2, 0.25) is 0 Å². The maximum atomic E-state index is 14.7. The molecule has 9 nitrogen and oxygen atoms in total. The molecule has 1 aromatic heterocycles. The van der Waals surface area contributed by atoms with E-state index in [9.17, 15) is 13.2 Å². The van der Waals surface area contributed by atoms with Gasteiger partial charge in [-0.2, -0.15) is 0 Å². The van der Waals surface area contributed by atoms with Crippen LogP contribution in [0.4, 0.5) is 5.95 Å². The molecule has 1 saturated carbocycles. The molecule has 270 valence electrons. The molecule has 1 saturated heterocycles. The summed E-state index contributed by atoms with van der Waals surface area (Å²) in [6.07, 6.45) is 6.41. The number of nitrogens with one attached hydrogen (secondary N) is 1. The second-order valence-corrected chi connectivity index (χ2v) is 18.9. The van der Waals surface area contributed by atoms with Crippen molar-refractivity contribution in [1.29, 1.82) is 0 Å². The molecule has 3 aromatic rings. The zero-order valence-corrected chi connectivity index (χ0v) is 32.2. The Hall–Kier alpha value is -2.99. The van der Waals surface area contributed by atoms with Crippen LogP contribution in [-0.4, -0.2) is 76.1 Å². The first-order chi connectivity index (χ1) is 23.6. The lowest BCUT2D eigenvalue weighted by Crippen LogP contribution is -2.50. The van der Waals surface area contributed by atoms with Gasteiger partial charge in [0.05, 0.1) is 22.8 Å². The highest BCUT2D eigenvalue weighted by Gasteiger charge is 2.37. The Morgan fingerprint density at radius 1 is 0.920 bits per heavy atom. The van der Waals surface area contributed by atoms with Crippen LogP contribution < -0.4 is 4.72 Å².